The van der Waals surface area contributed by atoms with E-state index < -0.39 is 0 Å². The van der Waals surface area contributed by atoms with Crippen LogP contribution in [0.4, 0.5) is 0 Å². The minimum absolute atomic E-state index is 0.107. The largest absolute Gasteiger partial charge is 0.496 e. The Labute approximate surface area is 142 Å². The number of benzene rings is 1. The number of methoxy groups -OCH3 is 1. The predicted molar refractivity (Wildman–Crippen MR) is 95.0 cm³/mol. The quantitative estimate of drug-likeness (QED) is 0.917. The van der Waals surface area contributed by atoms with Gasteiger partial charge >= 0.3 is 0 Å². The second kappa shape index (κ2) is 7.34. The third-order valence-electron chi connectivity index (χ3n) is 4.07. The van der Waals surface area contributed by atoms with E-state index in [0.29, 0.717) is 24.4 Å². The number of ether oxygens (including phenoxy) is 1. The second-order valence-corrected chi connectivity index (χ2v) is 6.06. The van der Waals surface area contributed by atoms with Gasteiger partial charge < -0.3 is 14.6 Å². The van der Waals surface area contributed by atoms with E-state index >= 15 is 0 Å². The summed E-state index contributed by atoms with van der Waals surface area (Å²) in [4.78, 5) is 24.5. The molecule has 2 rings (SSSR count). The van der Waals surface area contributed by atoms with E-state index in [1.807, 2.05) is 39.8 Å². The average molecular weight is 328 g/mol. The zero-order valence-corrected chi connectivity index (χ0v) is 14.9. The summed E-state index contributed by atoms with van der Waals surface area (Å²) in [6.07, 6.45) is 0. The summed E-state index contributed by atoms with van der Waals surface area (Å²) in [7, 11) is 1.53. The molecular weight excluding hydrogens is 304 g/mol. The highest BCUT2D eigenvalue weighted by atomic mass is 16.5. The van der Waals surface area contributed by atoms with E-state index in [0.717, 1.165) is 22.4 Å². The molecule has 0 bridgehead atoms. The van der Waals surface area contributed by atoms with Crippen molar-refractivity contribution >= 4 is 5.91 Å². The third kappa shape index (κ3) is 3.85. The standard InChI is InChI=1S/C19H24N2O3/c1-12-8-13(2)18(14(3)9-12)19(23)20-6-7-21-15(4)10-16(24-5)11-17(21)22/h8-11H,6-7H2,1-5H3,(H,20,23). The van der Waals surface area contributed by atoms with Crippen molar-refractivity contribution in [1.29, 1.82) is 0 Å². The summed E-state index contributed by atoms with van der Waals surface area (Å²) in [5, 5.41) is 2.90. The van der Waals surface area contributed by atoms with Gasteiger partial charge in [0.2, 0.25) is 0 Å². The normalized spacial score (nSPS) is 10.5. The molecule has 1 amide bonds. The predicted octanol–water partition coefficient (Wildman–Crippen LogP) is 2.52. The first-order chi connectivity index (χ1) is 11.3. The van der Waals surface area contributed by atoms with E-state index in [1.54, 1.807) is 10.6 Å². The van der Waals surface area contributed by atoms with Crippen molar-refractivity contribution in [2.24, 2.45) is 0 Å². The van der Waals surface area contributed by atoms with Gasteiger partial charge in [0.15, 0.2) is 0 Å². The summed E-state index contributed by atoms with van der Waals surface area (Å²) in [6.45, 7) is 8.55. The Morgan fingerprint density at radius 2 is 1.71 bits per heavy atom. The number of aromatic nitrogens is 1. The number of hydrogen-bond donors (Lipinski definition) is 1. The van der Waals surface area contributed by atoms with E-state index in [1.165, 1.54) is 13.2 Å². The number of amides is 1. The van der Waals surface area contributed by atoms with Crippen molar-refractivity contribution in [2.45, 2.75) is 34.2 Å². The van der Waals surface area contributed by atoms with Gasteiger partial charge in [0.05, 0.1) is 7.11 Å². The molecule has 2 aromatic rings. The zero-order valence-electron chi connectivity index (χ0n) is 14.9. The van der Waals surface area contributed by atoms with Gasteiger partial charge in [-0.25, -0.2) is 0 Å². The van der Waals surface area contributed by atoms with Crippen LogP contribution >= 0.6 is 0 Å². The first-order valence-corrected chi connectivity index (χ1v) is 7.95. The van der Waals surface area contributed by atoms with Crippen molar-refractivity contribution in [3.63, 3.8) is 0 Å². The highest BCUT2D eigenvalue weighted by Crippen LogP contribution is 2.16. The lowest BCUT2D eigenvalue weighted by atomic mass is 9.99. The number of carbonyl (C=O) groups is 1. The summed E-state index contributed by atoms with van der Waals surface area (Å²) in [6, 6.07) is 7.25. The maximum Gasteiger partial charge on any atom is 0.254 e. The molecule has 0 fully saturated rings. The van der Waals surface area contributed by atoms with E-state index in [9.17, 15) is 9.59 Å². The van der Waals surface area contributed by atoms with Gasteiger partial charge in [-0.05, 0) is 44.9 Å². The molecule has 0 unspecified atom stereocenters. The van der Waals surface area contributed by atoms with Crippen LogP contribution < -0.4 is 15.6 Å². The van der Waals surface area contributed by atoms with Crippen molar-refractivity contribution in [3.05, 3.63) is 62.6 Å². The maximum atomic E-state index is 12.4. The Hall–Kier alpha value is -2.56. The highest BCUT2D eigenvalue weighted by Gasteiger charge is 2.12. The van der Waals surface area contributed by atoms with E-state index in [4.69, 9.17) is 4.74 Å². The van der Waals surface area contributed by atoms with Gasteiger partial charge in [-0.1, -0.05) is 17.7 Å². The average Bonchev–Trinajstić information content (AvgIpc) is 2.48. The summed E-state index contributed by atoms with van der Waals surface area (Å²) in [5.74, 6) is 0.438. The van der Waals surface area contributed by atoms with Crippen LogP contribution in [-0.4, -0.2) is 24.1 Å². The maximum absolute atomic E-state index is 12.4. The number of nitrogens with zero attached hydrogens (tertiary/aromatic N) is 1. The molecule has 0 aliphatic carbocycles. The molecule has 5 heteroatoms. The lowest BCUT2D eigenvalue weighted by Gasteiger charge is -2.14. The first kappa shape index (κ1) is 17.8. The number of nitrogens with one attached hydrogen (secondary N) is 1. The molecular formula is C19H24N2O3. The number of aryl methyl sites for hydroxylation is 4. The smallest absolute Gasteiger partial charge is 0.254 e. The van der Waals surface area contributed by atoms with Gasteiger partial charge in [0, 0.05) is 30.4 Å². The SMILES string of the molecule is COc1cc(C)n(CCNC(=O)c2c(C)cc(C)cc2C)c(=O)c1. The molecule has 0 aliphatic rings. The molecule has 0 aliphatic heterocycles. The van der Waals surface area contributed by atoms with Crippen LogP contribution in [0, 0.1) is 27.7 Å². The van der Waals surface area contributed by atoms with Crippen LogP contribution in [0.2, 0.25) is 0 Å². The van der Waals surface area contributed by atoms with Gasteiger partial charge in [-0.2, -0.15) is 0 Å². The summed E-state index contributed by atoms with van der Waals surface area (Å²) in [5.41, 5.74) is 4.44. The molecule has 5 nitrogen and oxygen atoms in total. The fourth-order valence-corrected chi connectivity index (χ4v) is 3.01. The molecule has 128 valence electrons. The topological polar surface area (TPSA) is 60.3 Å². The number of rotatable bonds is 5. The molecule has 24 heavy (non-hydrogen) atoms. The van der Waals surface area contributed by atoms with Crippen LogP contribution in [0.3, 0.4) is 0 Å². The fourth-order valence-electron chi connectivity index (χ4n) is 3.01. The van der Waals surface area contributed by atoms with E-state index in [-0.39, 0.29) is 11.5 Å². The Balaban J connectivity index is 2.08. The fraction of sp³-hybridized carbons (Fsp3) is 0.368. The van der Waals surface area contributed by atoms with Crippen molar-refractivity contribution < 1.29 is 9.53 Å². The van der Waals surface area contributed by atoms with Crippen molar-refractivity contribution in [2.75, 3.05) is 13.7 Å². The summed E-state index contributed by atoms with van der Waals surface area (Å²) < 4.78 is 6.71. The molecule has 1 aromatic carbocycles. The van der Waals surface area contributed by atoms with Gasteiger partial charge in [-0.3, -0.25) is 9.59 Å². The molecule has 0 saturated carbocycles. The number of hydrogen-bond acceptors (Lipinski definition) is 3. The number of pyridine rings is 1. The molecule has 0 spiro atoms. The van der Waals surface area contributed by atoms with Crippen LogP contribution in [0.15, 0.2) is 29.1 Å². The van der Waals surface area contributed by atoms with Crippen LogP contribution in [0.1, 0.15) is 32.7 Å². The Bertz CT molecular complexity index is 799. The lowest BCUT2D eigenvalue weighted by Crippen LogP contribution is -2.32. The minimum atomic E-state index is -0.135. The monoisotopic (exact) mass is 328 g/mol. The van der Waals surface area contributed by atoms with Gasteiger partial charge in [-0.15, -0.1) is 0 Å². The van der Waals surface area contributed by atoms with E-state index in [2.05, 4.69) is 5.32 Å². The third-order valence-corrected chi connectivity index (χ3v) is 4.07. The first-order valence-electron chi connectivity index (χ1n) is 7.95. The molecule has 1 heterocycles. The Kier molecular flexibility index (Phi) is 5.44. The Morgan fingerprint density at radius 1 is 1.08 bits per heavy atom. The highest BCUT2D eigenvalue weighted by molar-refractivity contribution is 5.97. The van der Waals surface area contributed by atoms with Crippen LogP contribution in [0.25, 0.3) is 0 Å². The number of carbonyl (C=O) groups excluding carboxylic acids is 1. The molecule has 0 radical (unpaired) electrons. The molecule has 1 N–H and O–H groups in total. The lowest BCUT2D eigenvalue weighted by molar-refractivity contribution is 0.0951. The molecule has 1 aromatic heterocycles. The minimum Gasteiger partial charge on any atom is -0.496 e. The van der Waals surface area contributed by atoms with Gasteiger partial charge in [0.25, 0.3) is 11.5 Å². The van der Waals surface area contributed by atoms with Crippen molar-refractivity contribution in [3.8, 4) is 5.75 Å². The molecule has 0 saturated heterocycles. The zero-order chi connectivity index (χ0) is 17.9. The summed E-state index contributed by atoms with van der Waals surface area (Å²) >= 11 is 0. The Morgan fingerprint density at radius 3 is 2.25 bits per heavy atom. The van der Waals surface area contributed by atoms with Crippen LogP contribution in [0.5, 0.6) is 5.75 Å². The molecule has 0 atom stereocenters. The second-order valence-electron chi connectivity index (χ2n) is 6.06. The van der Waals surface area contributed by atoms with Crippen molar-refractivity contribution in [1.82, 2.24) is 9.88 Å². The van der Waals surface area contributed by atoms with Gasteiger partial charge in [0.1, 0.15) is 5.75 Å². The van der Waals surface area contributed by atoms with Crippen LogP contribution in [-0.2, 0) is 6.54 Å².